The van der Waals surface area contributed by atoms with Gasteiger partial charge in [0.05, 0.1) is 13.2 Å². The number of hydrogen-bond acceptors (Lipinski definition) is 4. The molecule has 28 heavy (non-hydrogen) atoms. The molecule has 0 aromatic heterocycles. The molecule has 1 aromatic rings. The van der Waals surface area contributed by atoms with Crippen LogP contribution in [0.5, 0.6) is 5.75 Å². The number of nitrogens with zero attached hydrogens (tertiary/aromatic N) is 2. The Morgan fingerprint density at radius 3 is 2.54 bits per heavy atom. The molecule has 2 fully saturated rings. The van der Waals surface area contributed by atoms with Crippen LogP contribution >= 0.6 is 0 Å². The lowest BCUT2D eigenvalue weighted by Gasteiger charge is -2.34. The summed E-state index contributed by atoms with van der Waals surface area (Å²) in [5, 5.41) is 16.9. The number of rotatable bonds is 6. The number of aromatic hydroxyl groups is 1. The van der Waals surface area contributed by atoms with E-state index in [1.807, 2.05) is 26.0 Å². The molecule has 156 valence electrons. The van der Waals surface area contributed by atoms with Crippen molar-refractivity contribution >= 4 is 5.96 Å². The number of phenols is 1. The summed E-state index contributed by atoms with van der Waals surface area (Å²) in [6.07, 6.45) is 3.51. The maximum Gasteiger partial charge on any atom is 0.191 e. The van der Waals surface area contributed by atoms with Gasteiger partial charge in [0.25, 0.3) is 0 Å². The number of piperidine rings is 1. The Balaban J connectivity index is 1.51. The van der Waals surface area contributed by atoms with E-state index in [1.54, 1.807) is 0 Å². The second-order valence-corrected chi connectivity index (χ2v) is 8.22. The minimum atomic E-state index is 0.383. The molecule has 0 saturated carbocycles. The zero-order chi connectivity index (χ0) is 19.9. The van der Waals surface area contributed by atoms with Gasteiger partial charge in [-0.3, -0.25) is 0 Å². The third-order valence-corrected chi connectivity index (χ3v) is 5.78. The lowest BCUT2D eigenvalue weighted by atomic mass is 10.0. The molecular weight excluding hydrogens is 352 g/mol. The van der Waals surface area contributed by atoms with E-state index in [9.17, 15) is 5.11 Å². The van der Waals surface area contributed by atoms with Crippen LogP contribution in [0.2, 0.25) is 0 Å². The van der Waals surface area contributed by atoms with Crippen LogP contribution in [0.3, 0.4) is 0 Å². The van der Waals surface area contributed by atoms with Gasteiger partial charge in [-0.1, -0.05) is 12.1 Å². The third kappa shape index (κ3) is 5.85. The van der Waals surface area contributed by atoms with Crippen LogP contribution in [0.1, 0.15) is 42.9 Å². The minimum Gasteiger partial charge on any atom is -0.507 e. The van der Waals surface area contributed by atoms with Crippen LogP contribution in [0.15, 0.2) is 17.1 Å². The van der Waals surface area contributed by atoms with Gasteiger partial charge < -0.3 is 25.4 Å². The number of aryl methyl sites for hydroxylation is 2. The first-order valence-corrected chi connectivity index (χ1v) is 10.7. The molecule has 1 aromatic carbocycles. The number of hydrogen-bond donors (Lipinski definition) is 3. The van der Waals surface area contributed by atoms with E-state index in [0.29, 0.717) is 18.3 Å². The fourth-order valence-corrected chi connectivity index (χ4v) is 4.17. The summed E-state index contributed by atoms with van der Waals surface area (Å²) in [5.74, 6) is 1.99. The largest absolute Gasteiger partial charge is 0.507 e. The van der Waals surface area contributed by atoms with Crippen LogP contribution < -0.4 is 10.6 Å². The van der Waals surface area contributed by atoms with Crippen molar-refractivity contribution in [1.29, 1.82) is 0 Å². The van der Waals surface area contributed by atoms with E-state index < -0.39 is 0 Å². The highest BCUT2D eigenvalue weighted by molar-refractivity contribution is 5.80. The number of phenolic OH excluding ortho intramolecular Hbond substituents is 1. The minimum absolute atomic E-state index is 0.383. The summed E-state index contributed by atoms with van der Waals surface area (Å²) >= 11 is 0. The van der Waals surface area contributed by atoms with Crippen LogP contribution in [-0.2, 0) is 11.3 Å². The van der Waals surface area contributed by atoms with Gasteiger partial charge in [-0.05, 0) is 62.6 Å². The zero-order valence-electron chi connectivity index (χ0n) is 17.6. The second kappa shape index (κ2) is 10.1. The van der Waals surface area contributed by atoms with Crippen molar-refractivity contribution in [2.24, 2.45) is 10.9 Å². The number of guanidine groups is 1. The van der Waals surface area contributed by atoms with Crippen LogP contribution in [-0.4, -0.2) is 61.4 Å². The van der Waals surface area contributed by atoms with Gasteiger partial charge in [0.15, 0.2) is 5.96 Å². The SMILES string of the molecule is CCNC(=NCc1cc(C)c(O)c(C)c1)NC1CCN(CC2CCOC2)CC1. The molecule has 2 saturated heterocycles. The predicted molar refractivity (Wildman–Crippen MR) is 114 cm³/mol. The van der Waals surface area contributed by atoms with E-state index in [0.717, 1.165) is 74.3 Å². The first-order valence-electron chi connectivity index (χ1n) is 10.7. The molecule has 3 rings (SSSR count). The third-order valence-electron chi connectivity index (χ3n) is 5.78. The maximum absolute atomic E-state index is 9.95. The standard InChI is InChI=1S/C22H36N4O2/c1-4-23-22(24-13-19-11-16(2)21(27)17(3)12-19)25-20-5-8-26(9-6-20)14-18-7-10-28-15-18/h11-12,18,20,27H,4-10,13-15H2,1-3H3,(H2,23,24,25). The molecule has 0 aliphatic carbocycles. The molecule has 0 spiro atoms. The molecule has 2 heterocycles. The number of nitrogens with one attached hydrogen (secondary N) is 2. The van der Waals surface area contributed by atoms with Crippen molar-refractivity contribution in [2.45, 2.75) is 52.6 Å². The Bertz CT molecular complexity index is 639. The quantitative estimate of drug-likeness (QED) is 0.516. The molecule has 0 amide bonds. The first kappa shape index (κ1) is 20.9. The molecule has 1 atom stereocenters. The maximum atomic E-state index is 9.95. The van der Waals surface area contributed by atoms with Crippen molar-refractivity contribution < 1.29 is 9.84 Å². The van der Waals surface area contributed by atoms with E-state index in [-0.39, 0.29) is 0 Å². The molecular formula is C22H36N4O2. The van der Waals surface area contributed by atoms with Gasteiger partial charge in [-0.2, -0.15) is 0 Å². The normalized spacial score (nSPS) is 21.8. The van der Waals surface area contributed by atoms with Gasteiger partial charge in [0.2, 0.25) is 0 Å². The summed E-state index contributed by atoms with van der Waals surface area (Å²) in [6.45, 7) is 12.8. The fraction of sp³-hybridized carbons (Fsp3) is 0.682. The van der Waals surface area contributed by atoms with E-state index >= 15 is 0 Å². The summed E-state index contributed by atoms with van der Waals surface area (Å²) in [5.41, 5.74) is 2.94. The van der Waals surface area contributed by atoms with Crippen molar-refractivity contribution in [1.82, 2.24) is 15.5 Å². The summed E-state index contributed by atoms with van der Waals surface area (Å²) in [7, 11) is 0. The Hall–Kier alpha value is -1.79. The average molecular weight is 389 g/mol. The van der Waals surface area contributed by atoms with Gasteiger partial charge in [-0.15, -0.1) is 0 Å². The van der Waals surface area contributed by atoms with Gasteiger partial charge >= 0.3 is 0 Å². The second-order valence-electron chi connectivity index (χ2n) is 8.22. The number of aliphatic imine (C=N–C) groups is 1. The van der Waals surface area contributed by atoms with Crippen molar-refractivity contribution in [3.05, 3.63) is 28.8 Å². The molecule has 6 heteroatoms. The summed E-state index contributed by atoms with van der Waals surface area (Å²) in [4.78, 5) is 7.36. The smallest absolute Gasteiger partial charge is 0.191 e. The van der Waals surface area contributed by atoms with E-state index in [2.05, 4.69) is 22.5 Å². The lowest BCUT2D eigenvalue weighted by Crippen LogP contribution is -2.49. The molecule has 2 aliphatic rings. The Kier molecular flexibility index (Phi) is 7.57. The summed E-state index contributed by atoms with van der Waals surface area (Å²) < 4.78 is 5.51. The van der Waals surface area contributed by atoms with Crippen LogP contribution in [0.4, 0.5) is 0 Å². The first-order chi connectivity index (χ1) is 13.5. The van der Waals surface area contributed by atoms with Crippen molar-refractivity contribution in [2.75, 3.05) is 39.4 Å². The van der Waals surface area contributed by atoms with Crippen LogP contribution in [0.25, 0.3) is 0 Å². The average Bonchev–Trinajstić information content (AvgIpc) is 3.19. The summed E-state index contributed by atoms with van der Waals surface area (Å²) in [6, 6.07) is 4.50. The molecule has 6 nitrogen and oxygen atoms in total. The van der Waals surface area contributed by atoms with Gasteiger partial charge in [0, 0.05) is 38.8 Å². The highest BCUT2D eigenvalue weighted by Crippen LogP contribution is 2.23. The van der Waals surface area contributed by atoms with E-state index in [1.165, 1.54) is 13.0 Å². The Labute approximate surface area is 169 Å². The highest BCUT2D eigenvalue weighted by atomic mass is 16.5. The monoisotopic (exact) mass is 388 g/mol. The lowest BCUT2D eigenvalue weighted by molar-refractivity contribution is 0.150. The fourth-order valence-electron chi connectivity index (χ4n) is 4.17. The molecule has 3 N–H and O–H groups in total. The van der Waals surface area contributed by atoms with E-state index in [4.69, 9.17) is 9.73 Å². The zero-order valence-corrected chi connectivity index (χ0v) is 17.6. The van der Waals surface area contributed by atoms with Crippen molar-refractivity contribution in [3.63, 3.8) is 0 Å². The molecule has 2 aliphatic heterocycles. The van der Waals surface area contributed by atoms with Crippen LogP contribution in [0, 0.1) is 19.8 Å². The Morgan fingerprint density at radius 2 is 1.93 bits per heavy atom. The Morgan fingerprint density at radius 1 is 1.21 bits per heavy atom. The number of likely N-dealkylation sites (tertiary alicyclic amines) is 1. The molecule has 0 radical (unpaired) electrons. The number of benzene rings is 1. The molecule has 0 bridgehead atoms. The predicted octanol–water partition coefficient (Wildman–Crippen LogP) is 2.57. The topological polar surface area (TPSA) is 69.1 Å². The number of ether oxygens (including phenoxy) is 1. The van der Waals surface area contributed by atoms with Gasteiger partial charge in [0.1, 0.15) is 5.75 Å². The van der Waals surface area contributed by atoms with Gasteiger partial charge in [-0.25, -0.2) is 4.99 Å². The molecule has 1 unspecified atom stereocenters. The van der Waals surface area contributed by atoms with Crippen molar-refractivity contribution in [3.8, 4) is 5.75 Å². The highest BCUT2D eigenvalue weighted by Gasteiger charge is 2.24.